The highest BCUT2D eigenvalue weighted by Crippen LogP contribution is 2.37. The first-order valence-electron chi connectivity index (χ1n) is 8.46. The van der Waals surface area contributed by atoms with Crippen LogP contribution in [0.3, 0.4) is 0 Å². The van der Waals surface area contributed by atoms with Gasteiger partial charge in [0.05, 0.1) is 12.2 Å². The lowest BCUT2D eigenvalue weighted by Gasteiger charge is -2.35. The van der Waals surface area contributed by atoms with Crippen LogP contribution in [0, 0.1) is 0 Å². The molecule has 1 saturated heterocycles. The number of hydrogen-bond donors (Lipinski definition) is 0. The smallest absolute Gasteiger partial charge is 0.282 e. The quantitative estimate of drug-likeness (QED) is 0.814. The van der Waals surface area contributed by atoms with Crippen molar-refractivity contribution in [3.8, 4) is 0 Å². The third-order valence-electron chi connectivity index (χ3n) is 5.28. The van der Waals surface area contributed by atoms with Crippen LogP contribution in [-0.4, -0.2) is 66.7 Å². The highest BCUT2D eigenvalue weighted by Gasteiger charge is 2.36. The summed E-state index contributed by atoms with van der Waals surface area (Å²) >= 11 is 0. The van der Waals surface area contributed by atoms with Crippen molar-refractivity contribution in [2.24, 2.45) is 0 Å². The zero-order valence-corrected chi connectivity index (χ0v) is 14.4. The Morgan fingerprint density at radius 3 is 2.48 bits per heavy atom. The molecule has 0 radical (unpaired) electrons. The Kier molecular flexibility index (Phi) is 3.95. The summed E-state index contributed by atoms with van der Waals surface area (Å²) in [6.07, 6.45) is 4.15. The number of fused-ring (bicyclic) bond motifs is 1. The van der Waals surface area contributed by atoms with Crippen LogP contribution in [0.2, 0.25) is 0 Å². The van der Waals surface area contributed by atoms with E-state index >= 15 is 0 Å². The maximum absolute atomic E-state index is 12.8. The normalized spacial score (nSPS) is 25.3. The SMILES string of the molecule is CN1CCN(S(=O)(=O)N2CCc3oc(C4CCC4)nc3C2)CC1. The van der Waals surface area contributed by atoms with Crippen molar-refractivity contribution in [2.75, 3.05) is 39.8 Å². The summed E-state index contributed by atoms with van der Waals surface area (Å²) in [7, 11) is -1.37. The first-order chi connectivity index (χ1) is 11.0. The summed E-state index contributed by atoms with van der Waals surface area (Å²) < 4.78 is 34.7. The fourth-order valence-corrected chi connectivity index (χ4v) is 4.96. The van der Waals surface area contributed by atoms with Gasteiger partial charge in [0.1, 0.15) is 5.76 Å². The minimum atomic E-state index is -3.40. The first kappa shape index (κ1) is 15.6. The summed E-state index contributed by atoms with van der Waals surface area (Å²) in [5.41, 5.74) is 0.816. The van der Waals surface area contributed by atoms with Crippen LogP contribution in [0.15, 0.2) is 4.42 Å². The van der Waals surface area contributed by atoms with Crippen LogP contribution in [0.25, 0.3) is 0 Å². The summed E-state index contributed by atoms with van der Waals surface area (Å²) in [5.74, 6) is 2.15. The number of nitrogens with zero attached hydrogens (tertiary/aromatic N) is 4. The molecule has 8 heteroatoms. The van der Waals surface area contributed by atoms with Crippen LogP contribution in [0.5, 0.6) is 0 Å². The van der Waals surface area contributed by atoms with E-state index in [0.29, 0.717) is 38.5 Å². The van der Waals surface area contributed by atoms with E-state index in [0.717, 1.165) is 43.3 Å². The van der Waals surface area contributed by atoms with E-state index in [2.05, 4.69) is 9.88 Å². The molecule has 2 aliphatic heterocycles. The summed E-state index contributed by atoms with van der Waals surface area (Å²) in [6.45, 7) is 3.53. The predicted octanol–water partition coefficient (Wildman–Crippen LogP) is 0.792. The second kappa shape index (κ2) is 5.84. The van der Waals surface area contributed by atoms with Gasteiger partial charge in [0.2, 0.25) is 0 Å². The molecule has 1 aromatic rings. The number of oxazole rings is 1. The number of aromatic nitrogens is 1. The molecule has 0 unspecified atom stereocenters. The van der Waals surface area contributed by atoms with Gasteiger partial charge in [0.15, 0.2) is 5.89 Å². The fourth-order valence-electron chi connectivity index (χ4n) is 3.40. The van der Waals surface area contributed by atoms with Crippen molar-refractivity contribution < 1.29 is 12.8 Å². The summed E-state index contributed by atoms with van der Waals surface area (Å²) in [6, 6.07) is 0. The maximum atomic E-state index is 12.8. The largest absolute Gasteiger partial charge is 0.445 e. The molecule has 3 aliphatic rings. The molecule has 1 aliphatic carbocycles. The van der Waals surface area contributed by atoms with E-state index in [-0.39, 0.29) is 0 Å². The van der Waals surface area contributed by atoms with E-state index in [1.54, 1.807) is 8.61 Å². The van der Waals surface area contributed by atoms with Gasteiger partial charge in [-0.25, -0.2) is 4.98 Å². The molecule has 3 heterocycles. The average Bonchev–Trinajstić information content (AvgIpc) is 2.88. The molecule has 1 saturated carbocycles. The van der Waals surface area contributed by atoms with Crippen LogP contribution >= 0.6 is 0 Å². The molecule has 0 aromatic carbocycles. The summed E-state index contributed by atoms with van der Waals surface area (Å²) in [5, 5.41) is 0. The third-order valence-corrected chi connectivity index (χ3v) is 7.26. The van der Waals surface area contributed by atoms with Crippen molar-refractivity contribution in [1.82, 2.24) is 18.5 Å². The zero-order chi connectivity index (χ0) is 16.0. The highest BCUT2D eigenvalue weighted by atomic mass is 32.2. The van der Waals surface area contributed by atoms with Crippen molar-refractivity contribution in [3.05, 3.63) is 17.3 Å². The Balaban J connectivity index is 1.49. The van der Waals surface area contributed by atoms with E-state index in [4.69, 9.17) is 4.42 Å². The summed E-state index contributed by atoms with van der Waals surface area (Å²) in [4.78, 5) is 6.75. The Morgan fingerprint density at radius 1 is 1.09 bits per heavy atom. The number of piperazine rings is 1. The van der Waals surface area contributed by atoms with Gasteiger partial charge in [0.25, 0.3) is 10.2 Å². The van der Waals surface area contributed by atoms with Gasteiger partial charge in [-0.2, -0.15) is 17.0 Å². The van der Waals surface area contributed by atoms with Crippen LogP contribution < -0.4 is 0 Å². The molecule has 128 valence electrons. The fraction of sp³-hybridized carbons (Fsp3) is 0.800. The van der Waals surface area contributed by atoms with Gasteiger partial charge in [-0.05, 0) is 19.9 Å². The van der Waals surface area contributed by atoms with Crippen LogP contribution in [0.4, 0.5) is 0 Å². The number of likely N-dealkylation sites (N-methyl/N-ethyl adjacent to an activating group) is 1. The Labute approximate surface area is 137 Å². The predicted molar refractivity (Wildman–Crippen MR) is 85.2 cm³/mol. The molecule has 7 nitrogen and oxygen atoms in total. The van der Waals surface area contributed by atoms with Gasteiger partial charge in [-0.15, -0.1) is 0 Å². The second-order valence-corrected chi connectivity index (χ2v) is 8.77. The molecule has 0 spiro atoms. The Bertz CT molecular complexity index is 675. The van der Waals surface area contributed by atoms with Crippen LogP contribution in [-0.2, 0) is 23.2 Å². The lowest BCUT2D eigenvalue weighted by molar-refractivity contribution is 0.208. The molecule has 1 aromatic heterocycles. The lowest BCUT2D eigenvalue weighted by atomic mass is 9.85. The monoisotopic (exact) mass is 340 g/mol. The van der Waals surface area contributed by atoms with Crippen molar-refractivity contribution in [3.63, 3.8) is 0 Å². The molecular formula is C15H24N4O3S. The van der Waals surface area contributed by atoms with Gasteiger partial charge in [-0.1, -0.05) is 6.42 Å². The Hall–Kier alpha value is -0.960. The van der Waals surface area contributed by atoms with Crippen LogP contribution in [0.1, 0.15) is 42.5 Å². The standard InChI is InChI=1S/C15H24N4O3S/c1-17-7-9-18(10-8-17)23(20,21)19-6-5-14-13(11-19)16-15(22-14)12-3-2-4-12/h12H,2-11H2,1H3. The maximum Gasteiger partial charge on any atom is 0.282 e. The molecule has 0 amide bonds. The average molecular weight is 340 g/mol. The van der Waals surface area contributed by atoms with Crippen molar-refractivity contribution >= 4 is 10.2 Å². The zero-order valence-electron chi connectivity index (χ0n) is 13.6. The Morgan fingerprint density at radius 2 is 1.83 bits per heavy atom. The minimum absolute atomic E-state index is 0.347. The van der Waals surface area contributed by atoms with E-state index < -0.39 is 10.2 Å². The molecule has 2 fully saturated rings. The van der Waals surface area contributed by atoms with Gasteiger partial charge in [0, 0.05) is 45.1 Å². The number of rotatable bonds is 3. The van der Waals surface area contributed by atoms with Gasteiger partial charge < -0.3 is 9.32 Å². The number of hydrogen-bond acceptors (Lipinski definition) is 5. The van der Waals surface area contributed by atoms with Crippen molar-refractivity contribution in [2.45, 2.75) is 38.1 Å². The molecule has 0 atom stereocenters. The third kappa shape index (κ3) is 2.82. The highest BCUT2D eigenvalue weighted by molar-refractivity contribution is 7.86. The van der Waals surface area contributed by atoms with E-state index in [1.165, 1.54) is 6.42 Å². The molecule has 0 bridgehead atoms. The van der Waals surface area contributed by atoms with E-state index in [1.807, 2.05) is 7.05 Å². The van der Waals surface area contributed by atoms with Gasteiger partial charge in [-0.3, -0.25) is 0 Å². The lowest BCUT2D eigenvalue weighted by Crippen LogP contribution is -2.52. The molecular weight excluding hydrogens is 316 g/mol. The molecule has 0 N–H and O–H groups in total. The minimum Gasteiger partial charge on any atom is -0.445 e. The second-order valence-electron chi connectivity index (χ2n) is 6.84. The van der Waals surface area contributed by atoms with Gasteiger partial charge >= 0.3 is 0 Å². The van der Waals surface area contributed by atoms with E-state index in [9.17, 15) is 8.42 Å². The molecule has 23 heavy (non-hydrogen) atoms. The van der Waals surface area contributed by atoms with Crippen molar-refractivity contribution in [1.29, 1.82) is 0 Å². The topological polar surface area (TPSA) is 69.9 Å². The first-order valence-corrected chi connectivity index (χ1v) is 9.86. The molecule has 4 rings (SSSR count).